The molecule has 1 fully saturated rings. The second-order valence-electron chi connectivity index (χ2n) is 6.64. The molecular weight excluding hydrogens is 332 g/mol. The zero-order valence-electron chi connectivity index (χ0n) is 14.7. The third kappa shape index (κ3) is 2.98. The molecule has 2 aliphatic rings. The number of benzene rings is 2. The van der Waals surface area contributed by atoms with Crippen LogP contribution in [0.1, 0.15) is 17.9 Å². The number of carbonyl (C=O) groups excluding carboxylic acids is 2. The topological polar surface area (TPSA) is 67.9 Å². The predicted molar refractivity (Wildman–Crippen MR) is 97.8 cm³/mol. The molecule has 2 aromatic rings. The zero-order chi connectivity index (χ0) is 18.3. The van der Waals surface area contributed by atoms with Crippen molar-refractivity contribution in [3.63, 3.8) is 0 Å². The van der Waals surface area contributed by atoms with E-state index in [1.165, 1.54) is 0 Å². The Morgan fingerprint density at radius 3 is 2.73 bits per heavy atom. The molecule has 0 radical (unpaired) electrons. The van der Waals surface area contributed by atoms with Crippen LogP contribution in [0.25, 0.3) is 0 Å². The number of carbonyl (C=O) groups is 2. The van der Waals surface area contributed by atoms with Crippen LogP contribution in [0.4, 0.5) is 11.4 Å². The van der Waals surface area contributed by atoms with E-state index in [0.717, 1.165) is 17.7 Å². The van der Waals surface area contributed by atoms with Crippen LogP contribution in [0, 0.1) is 5.92 Å². The first-order chi connectivity index (χ1) is 12.6. The summed E-state index contributed by atoms with van der Waals surface area (Å²) in [5.74, 6) is 1.56. The van der Waals surface area contributed by atoms with Gasteiger partial charge in [-0.2, -0.15) is 0 Å². The lowest BCUT2D eigenvalue weighted by atomic mass is 10.1. The van der Waals surface area contributed by atoms with Crippen molar-refractivity contribution in [2.45, 2.75) is 12.3 Å². The standard InChI is InChI=1S/C20H20N2O4/c1-22-17-8-5-13(9-18(17)26-11-19(22)23)21-20(24)16-10-15(16)12-3-6-14(25-2)7-4-12/h3-9,15-16H,10-11H2,1-2H3,(H,21,24). The van der Waals surface area contributed by atoms with E-state index in [2.05, 4.69) is 5.32 Å². The molecule has 0 aromatic heterocycles. The number of ether oxygens (including phenoxy) is 2. The largest absolute Gasteiger partial charge is 0.497 e. The van der Waals surface area contributed by atoms with Crippen molar-refractivity contribution >= 4 is 23.2 Å². The fourth-order valence-electron chi connectivity index (χ4n) is 3.29. The minimum absolute atomic E-state index is 0.00556. The molecule has 1 aliphatic heterocycles. The number of fused-ring (bicyclic) bond motifs is 1. The molecule has 1 aliphatic carbocycles. The molecule has 0 spiro atoms. The maximum Gasteiger partial charge on any atom is 0.264 e. The lowest BCUT2D eigenvalue weighted by Crippen LogP contribution is -2.35. The molecule has 2 aromatic carbocycles. The molecule has 1 heterocycles. The Hall–Kier alpha value is -3.02. The van der Waals surface area contributed by atoms with Crippen molar-refractivity contribution < 1.29 is 19.1 Å². The van der Waals surface area contributed by atoms with E-state index in [1.54, 1.807) is 37.3 Å². The van der Waals surface area contributed by atoms with E-state index >= 15 is 0 Å². The average molecular weight is 352 g/mol. The number of amides is 2. The number of methoxy groups -OCH3 is 1. The van der Waals surface area contributed by atoms with Crippen LogP contribution in [-0.2, 0) is 9.59 Å². The van der Waals surface area contributed by atoms with Gasteiger partial charge in [0.25, 0.3) is 5.91 Å². The monoisotopic (exact) mass is 352 g/mol. The van der Waals surface area contributed by atoms with E-state index < -0.39 is 0 Å². The minimum Gasteiger partial charge on any atom is -0.497 e. The van der Waals surface area contributed by atoms with Crippen molar-refractivity contribution in [3.05, 3.63) is 48.0 Å². The summed E-state index contributed by atoms with van der Waals surface area (Å²) in [5.41, 5.74) is 2.54. The summed E-state index contributed by atoms with van der Waals surface area (Å²) in [4.78, 5) is 25.7. The molecular formula is C20H20N2O4. The lowest BCUT2D eigenvalue weighted by Gasteiger charge is -2.26. The molecule has 0 bridgehead atoms. The van der Waals surface area contributed by atoms with Crippen molar-refractivity contribution in [2.24, 2.45) is 5.92 Å². The van der Waals surface area contributed by atoms with E-state index in [4.69, 9.17) is 9.47 Å². The zero-order valence-corrected chi connectivity index (χ0v) is 14.7. The molecule has 6 heteroatoms. The van der Waals surface area contributed by atoms with Crippen LogP contribution in [-0.4, -0.2) is 32.6 Å². The van der Waals surface area contributed by atoms with Crippen molar-refractivity contribution in [3.8, 4) is 11.5 Å². The molecule has 26 heavy (non-hydrogen) atoms. The molecule has 2 atom stereocenters. The van der Waals surface area contributed by atoms with E-state index in [-0.39, 0.29) is 30.3 Å². The summed E-state index contributed by atoms with van der Waals surface area (Å²) >= 11 is 0. The molecule has 134 valence electrons. The number of nitrogens with zero attached hydrogens (tertiary/aromatic N) is 1. The normalized spacial score (nSPS) is 20.8. The van der Waals surface area contributed by atoms with Crippen LogP contribution < -0.4 is 19.7 Å². The summed E-state index contributed by atoms with van der Waals surface area (Å²) in [6.45, 7) is 0.0169. The second kappa shape index (κ2) is 6.37. The van der Waals surface area contributed by atoms with Crippen molar-refractivity contribution in [2.75, 3.05) is 31.0 Å². The molecule has 2 unspecified atom stereocenters. The quantitative estimate of drug-likeness (QED) is 0.919. The van der Waals surface area contributed by atoms with E-state index in [0.29, 0.717) is 17.1 Å². The summed E-state index contributed by atoms with van der Waals surface area (Å²) in [5, 5.41) is 2.96. The van der Waals surface area contributed by atoms with Crippen LogP contribution in [0.15, 0.2) is 42.5 Å². The van der Waals surface area contributed by atoms with Crippen molar-refractivity contribution in [1.82, 2.24) is 0 Å². The maximum atomic E-state index is 12.5. The van der Waals surface area contributed by atoms with Gasteiger partial charge < -0.3 is 19.7 Å². The van der Waals surface area contributed by atoms with Gasteiger partial charge in [-0.15, -0.1) is 0 Å². The first-order valence-corrected chi connectivity index (χ1v) is 8.55. The number of rotatable bonds is 4. The van der Waals surface area contributed by atoms with Crippen LogP contribution in [0.3, 0.4) is 0 Å². The Bertz CT molecular complexity index is 863. The molecule has 4 rings (SSSR count). The Kier molecular flexibility index (Phi) is 4.03. The SMILES string of the molecule is COc1ccc(C2CC2C(=O)Nc2ccc3c(c2)OCC(=O)N3C)cc1. The molecule has 1 saturated carbocycles. The number of nitrogens with one attached hydrogen (secondary N) is 1. The van der Waals surface area contributed by atoms with Gasteiger partial charge in [-0.25, -0.2) is 0 Å². The number of hydrogen-bond acceptors (Lipinski definition) is 4. The molecule has 0 saturated heterocycles. The fourth-order valence-corrected chi connectivity index (χ4v) is 3.29. The van der Waals surface area contributed by atoms with Crippen LogP contribution in [0.2, 0.25) is 0 Å². The number of anilines is 2. The average Bonchev–Trinajstić information content (AvgIpc) is 3.46. The lowest BCUT2D eigenvalue weighted by molar-refractivity contribution is -0.121. The molecule has 2 amide bonds. The van der Waals surface area contributed by atoms with E-state index in [9.17, 15) is 9.59 Å². The van der Waals surface area contributed by atoms with Gasteiger partial charge in [0.15, 0.2) is 6.61 Å². The Morgan fingerprint density at radius 2 is 2.00 bits per heavy atom. The third-order valence-electron chi connectivity index (χ3n) is 4.99. The van der Waals surface area contributed by atoms with Gasteiger partial charge in [0.05, 0.1) is 12.8 Å². The Balaban J connectivity index is 1.42. The minimum atomic E-state index is -0.0883. The third-order valence-corrected chi connectivity index (χ3v) is 4.99. The highest BCUT2D eigenvalue weighted by atomic mass is 16.5. The second-order valence-corrected chi connectivity index (χ2v) is 6.64. The summed E-state index contributed by atoms with van der Waals surface area (Å²) < 4.78 is 10.6. The summed E-state index contributed by atoms with van der Waals surface area (Å²) in [6.07, 6.45) is 0.844. The highest BCUT2D eigenvalue weighted by Gasteiger charge is 2.44. The number of likely N-dealkylation sites (N-methyl/N-ethyl adjacent to an activating group) is 1. The van der Waals surface area contributed by atoms with Gasteiger partial charge in [0.2, 0.25) is 5.91 Å². The summed E-state index contributed by atoms with van der Waals surface area (Å²) in [7, 11) is 3.35. The van der Waals surface area contributed by atoms with Gasteiger partial charge in [-0.1, -0.05) is 12.1 Å². The Morgan fingerprint density at radius 1 is 1.23 bits per heavy atom. The Labute approximate surface area is 151 Å². The smallest absolute Gasteiger partial charge is 0.264 e. The van der Waals surface area contributed by atoms with E-state index in [1.807, 2.05) is 24.3 Å². The first-order valence-electron chi connectivity index (χ1n) is 8.55. The van der Waals surface area contributed by atoms with Crippen molar-refractivity contribution in [1.29, 1.82) is 0 Å². The van der Waals surface area contributed by atoms with Gasteiger partial charge >= 0.3 is 0 Å². The van der Waals surface area contributed by atoms with Crippen LogP contribution >= 0.6 is 0 Å². The molecule has 1 N–H and O–H groups in total. The maximum absolute atomic E-state index is 12.5. The fraction of sp³-hybridized carbons (Fsp3) is 0.300. The molecule has 6 nitrogen and oxygen atoms in total. The van der Waals surface area contributed by atoms with Gasteiger partial charge in [-0.3, -0.25) is 9.59 Å². The summed E-state index contributed by atoms with van der Waals surface area (Å²) in [6, 6.07) is 13.2. The highest BCUT2D eigenvalue weighted by molar-refractivity contribution is 5.99. The highest BCUT2D eigenvalue weighted by Crippen LogP contribution is 2.48. The van der Waals surface area contributed by atoms with Gasteiger partial charge in [0, 0.05) is 24.7 Å². The van der Waals surface area contributed by atoms with Gasteiger partial charge in [0.1, 0.15) is 11.5 Å². The predicted octanol–water partition coefficient (Wildman–Crippen LogP) is 2.79. The van der Waals surface area contributed by atoms with Crippen LogP contribution in [0.5, 0.6) is 11.5 Å². The van der Waals surface area contributed by atoms with Gasteiger partial charge in [-0.05, 0) is 42.2 Å². The number of hydrogen-bond donors (Lipinski definition) is 1. The first kappa shape index (κ1) is 16.4.